The smallest absolute Gasteiger partial charge is 0.329 e. The molecule has 8 heteroatoms. The largest absolute Gasteiger partial charge is 0.454 e. The van der Waals surface area contributed by atoms with E-state index in [2.05, 4.69) is 6.07 Å². The maximum absolute atomic E-state index is 12.9. The van der Waals surface area contributed by atoms with E-state index in [0.717, 1.165) is 16.9 Å². The van der Waals surface area contributed by atoms with Gasteiger partial charge in [0.05, 0.1) is 11.1 Å². The molecule has 0 spiro atoms. The summed E-state index contributed by atoms with van der Waals surface area (Å²) >= 11 is 1.50. The zero-order valence-electron chi connectivity index (χ0n) is 17.8. The number of nitrogens with zero attached hydrogens (tertiary/aromatic N) is 2. The molecule has 2 aliphatic rings. The van der Waals surface area contributed by atoms with Crippen molar-refractivity contribution in [3.63, 3.8) is 0 Å². The van der Waals surface area contributed by atoms with Crippen LogP contribution in [-0.4, -0.2) is 64.7 Å². The Morgan fingerprint density at radius 2 is 1.62 bits per heavy atom. The molecule has 2 aliphatic heterocycles. The van der Waals surface area contributed by atoms with Crippen LogP contribution >= 0.6 is 11.8 Å². The molecule has 4 rings (SSSR count). The van der Waals surface area contributed by atoms with Gasteiger partial charge in [0.15, 0.2) is 6.61 Å². The van der Waals surface area contributed by atoms with Crippen LogP contribution in [0.1, 0.15) is 38.3 Å². The second-order valence-corrected chi connectivity index (χ2v) is 8.75. The lowest BCUT2D eigenvalue weighted by atomic mass is 10.00. The number of carbonyl (C=O) groups is 4. The number of esters is 1. The molecule has 0 aromatic heterocycles. The van der Waals surface area contributed by atoms with Gasteiger partial charge in [0.2, 0.25) is 0 Å². The minimum Gasteiger partial charge on any atom is -0.454 e. The molecule has 2 aromatic carbocycles. The molecule has 0 aliphatic carbocycles. The first-order valence-corrected chi connectivity index (χ1v) is 11.9. The maximum atomic E-state index is 12.9. The Morgan fingerprint density at radius 3 is 2.28 bits per heavy atom. The highest BCUT2D eigenvalue weighted by Gasteiger charge is 2.43. The van der Waals surface area contributed by atoms with Crippen LogP contribution in [0.3, 0.4) is 0 Å². The molecular formula is C24H24N2O5S. The van der Waals surface area contributed by atoms with Crippen LogP contribution in [0.4, 0.5) is 0 Å². The molecule has 32 heavy (non-hydrogen) atoms. The second kappa shape index (κ2) is 9.56. The normalized spacial score (nSPS) is 15.9. The van der Waals surface area contributed by atoms with Crippen LogP contribution in [0.2, 0.25) is 0 Å². The van der Waals surface area contributed by atoms with Crippen LogP contribution < -0.4 is 0 Å². The highest BCUT2D eigenvalue weighted by molar-refractivity contribution is 7.98. The molecular weight excluding hydrogens is 428 g/mol. The lowest BCUT2D eigenvalue weighted by molar-refractivity contribution is -0.155. The first-order valence-electron chi connectivity index (χ1n) is 10.5. The van der Waals surface area contributed by atoms with Gasteiger partial charge in [0.1, 0.15) is 6.04 Å². The van der Waals surface area contributed by atoms with Gasteiger partial charge in [0.25, 0.3) is 17.7 Å². The molecule has 3 amide bonds. The van der Waals surface area contributed by atoms with Gasteiger partial charge in [-0.05, 0) is 48.1 Å². The van der Waals surface area contributed by atoms with Crippen molar-refractivity contribution >= 4 is 35.5 Å². The predicted molar refractivity (Wildman–Crippen MR) is 120 cm³/mol. The Labute approximate surface area is 190 Å². The average Bonchev–Trinajstić information content (AvgIpc) is 3.08. The van der Waals surface area contributed by atoms with Crippen molar-refractivity contribution < 1.29 is 23.9 Å². The third-order valence-corrected chi connectivity index (χ3v) is 6.47. The van der Waals surface area contributed by atoms with E-state index >= 15 is 0 Å². The van der Waals surface area contributed by atoms with E-state index in [-0.39, 0.29) is 23.5 Å². The Kier molecular flexibility index (Phi) is 6.60. The highest BCUT2D eigenvalue weighted by atomic mass is 32.2. The number of carbonyl (C=O) groups excluding carboxylic acids is 4. The molecule has 0 fully saturated rings. The van der Waals surface area contributed by atoms with Gasteiger partial charge in [0, 0.05) is 13.1 Å². The number of hydrogen-bond donors (Lipinski definition) is 0. The summed E-state index contributed by atoms with van der Waals surface area (Å²) in [6.45, 7) is 0.614. The zero-order chi connectivity index (χ0) is 22.7. The molecule has 0 radical (unpaired) electrons. The van der Waals surface area contributed by atoms with E-state index in [4.69, 9.17) is 4.74 Å². The van der Waals surface area contributed by atoms with Crippen molar-refractivity contribution in [3.8, 4) is 0 Å². The number of fused-ring (bicyclic) bond motifs is 2. The number of thioether (sulfide) groups is 1. The molecule has 0 saturated heterocycles. The lowest BCUT2D eigenvalue weighted by Gasteiger charge is -2.29. The van der Waals surface area contributed by atoms with E-state index in [9.17, 15) is 19.2 Å². The van der Waals surface area contributed by atoms with Crippen molar-refractivity contribution in [3.05, 3.63) is 70.8 Å². The summed E-state index contributed by atoms with van der Waals surface area (Å²) in [5.41, 5.74) is 2.86. The Balaban J connectivity index is 1.42. The highest BCUT2D eigenvalue weighted by Crippen LogP contribution is 2.27. The fourth-order valence-electron chi connectivity index (χ4n) is 4.10. The van der Waals surface area contributed by atoms with E-state index in [1.54, 1.807) is 29.2 Å². The minimum absolute atomic E-state index is 0.261. The van der Waals surface area contributed by atoms with Gasteiger partial charge in [-0.15, -0.1) is 0 Å². The van der Waals surface area contributed by atoms with E-state index in [1.165, 1.54) is 17.3 Å². The van der Waals surface area contributed by atoms with Crippen molar-refractivity contribution in [1.29, 1.82) is 0 Å². The SMILES string of the molecule is CSCC[C@@H](C(=O)OCC(=O)N1CCc2ccccc2C1)N1C(=O)c2ccccc2C1=O. The molecule has 0 unspecified atom stereocenters. The number of amides is 3. The van der Waals surface area contributed by atoms with Gasteiger partial charge >= 0.3 is 5.97 Å². The first kappa shape index (κ1) is 22.1. The third kappa shape index (κ3) is 4.27. The summed E-state index contributed by atoms with van der Waals surface area (Å²) in [5, 5.41) is 0. The van der Waals surface area contributed by atoms with Crippen LogP contribution in [0.5, 0.6) is 0 Å². The van der Waals surface area contributed by atoms with Crippen molar-refractivity contribution in [1.82, 2.24) is 9.80 Å². The van der Waals surface area contributed by atoms with Crippen LogP contribution in [0, 0.1) is 0 Å². The summed E-state index contributed by atoms with van der Waals surface area (Å²) in [7, 11) is 0. The van der Waals surface area contributed by atoms with Crippen LogP contribution in [-0.2, 0) is 27.3 Å². The Hall–Kier alpha value is -3.13. The predicted octanol–water partition coefficient (Wildman–Crippen LogP) is 2.53. The van der Waals surface area contributed by atoms with Gasteiger partial charge in [-0.2, -0.15) is 11.8 Å². The monoisotopic (exact) mass is 452 g/mol. The van der Waals surface area contributed by atoms with Crippen LogP contribution in [0.25, 0.3) is 0 Å². The van der Waals surface area contributed by atoms with Gasteiger partial charge in [-0.25, -0.2) is 4.79 Å². The number of benzene rings is 2. The molecule has 166 valence electrons. The zero-order valence-corrected chi connectivity index (χ0v) is 18.6. The Morgan fingerprint density at radius 1 is 1.00 bits per heavy atom. The van der Waals surface area contributed by atoms with Gasteiger partial charge in [-0.3, -0.25) is 19.3 Å². The van der Waals surface area contributed by atoms with E-state index in [1.807, 2.05) is 24.5 Å². The van der Waals surface area contributed by atoms with Crippen molar-refractivity contribution in [2.75, 3.05) is 25.2 Å². The number of rotatable bonds is 7. The fourth-order valence-corrected chi connectivity index (χ4v) is 4.56. The number of hydrogen-bond acceptors (Lipinski definition) is 6. The van der Waals surface area contributed by atoms with Gasteiger partial charge in [-0.1, -0.05) is 36.4 Å². The Bertz CT molecular complexity index is 1030. The van der Waals surface area contributed by atoms with Crippen molar-refractivity contribution in [2.24, 2.45) is 0 Å². The molecule has 0 N–H and O–H groups in total. The summed E-state index contributed by atoms with van der Waals surface area (Å²) in [6, 6.07) is 13.4. The first-order chi connectivity index (χ1) is 15.5. The lowest BCUT2D eigenvalue weighted by Crippen LogP contribution is -2.47. The molecule has 2 aromatic rings. The maximum Gasteiger partial charge on any atom is 0.329 e. The summed E-state index contributed by atoms with van der Waals surface area (Å²) in [6.07, 6.45) is 2.89. The molecule has 2 heterocycles. The van der Waals surface area contributed by atoms with E-state index in [0.29, 0.717) is 18.8 Å². The fraction of sp³-hybridized carbons (Fsp3) is 0.333. The summed E-state index contributed by atoms with van der Waals surface area (Å²) < 4.78 is 5.33. The van der Waals surface area contributed by atoms with E-state index < -0.39 is 30.4 Å². The van der Waals surface area contributed by atoms with Gasteiger partial charge < -0.3 is 9.64 Å². The quantitative estimate of drug-likeness (QED) is 0.474. The standard InChI is InChI=1S/C24H24N2O5S/c1-32-13-11-20(26-22(28)18-8-4-5-9-19(18)23(26)29)24(30)31-15-21(27)25-12-10-16-6-2-3-7-17(16)14-25/h2-9,20H,10-15H2,1H3/t20-/m0/s1. The number of imide groups is 1. The molecule has 0 bridgehead atoms. The molecule has 7 nitrogen and oxygen atoms in total. The van der Waals surface area contributed by atoms with Crippen molar-refractivity contribution in [2.45, 2.75) is 25.4 Å². The van der Waals surface area contributed by atoms with Crippen LogP contribution in [0.15, 0.2) is 48.5 Å². The minimum atomic E-state index is -1.07. The average molecular weight is 453 g/mol. The third-order valence-electron chi connectivity index (χ3n) is 5.83. The molecule has 0 saturated carbocycles. The summed E-state index contributed by atoms with van der Waals surface area (Å²) in [5.74, 6) is -1.48. The molecule has 1 atom stereocenters. The number of ether oxygens (including phenoxy) is 1. The summed E-state index contributed by atoms with van der Waals surface area (Å²) in [4.78, 5) is 53.9. The topological polar surface area (TPSA) is 84.0 Å². The second-order valence-electron chi connectivity index (χ2n) is 7.76.